The summed E-state index contributed by atoms with van der Waals surface area (Å²) in [5, 5.41) is 3.18. The summed E-state index contributed by atoms with van der Waals surface area (Å²) in [6, 6.07) is 9.16. The molecule has 1 saturated heterocycles. The lowest BCUT2D eigenvalue weighted by Crippen LogP contribution is -2.36. The van der Waals surface area contributed by atoms with Crippen molar-refractivity contribution in [2.75, 3.05) is 26.3 Å². The van der Waals surface area contributed by atoms with Gasteiger partial charge in [0, 0.05) is 52.4 Å². The molecule has 3 heterocycles. The summed E-state index contributed by atoms with van der Waals surface area (Å²) in [6.07, 6.45) is 0. The molecule has 0 amide bonds. The number of benzene rings is 2. The van der Waals surface area contributed by atoms with Gasteiger partial charge in [-0.1, -0.05) is 24.2 Å². The third-order valence-electron chi connectivity index (χ3n) is 5.44. The lowest BCUT2D eigenvalue weighted by atomic mass is 10.1. The average Bonchev–Trinajstić information content (AvgIpc) is 3.19. The van der Waals surface area contributed by atoms with E-state index in [9.17, 15) is 8.78 Å². The highest BCUT2D eigenvalue weighted by Crippen LogP contribution is 2.31. The molecule has 4 nitrogen and oxygen atoms in total. The van der Waals surface area contributed by atoms with Crippen molar-refractivity contribution in [2.24, 2.45) is 0 Å². The summed E-state index contributed by atoms with van der Waals surface area (Å²) < 4.78 is 35.5. The third kappa shape index (κ3) is 3.08. The van der Waals surface area contributed by atoms with E-state index in [1.807, 2.05) is 22.6 Å². The summed E-state index contributed by atoms with van der Waals surface area (Å²) in [5.74, 6) is -1.25. The Morgan fingerprint density at radius 2 is 1.86 bits per heavy atom. The normalized spacial score (nSPS) is 15.6. The first-order chi connectivity index (χ1) is 14.0. The van der Waals surface area contributed by atoms with E-state index >= 15 is 0 Å². The van der Waals surface area contributed by atoms with Crippen molar-refractivity contribution in [1.29, 1.82) is 0 Å². The van der Waals surface area contributed by atoms with Gasteiger partial charge < -0.3 is 4.74 Å². The molecule has 0 N–H and O–H groups in total. The van der Waals surface area contributed by atoms with E-state index in [4.69, 9.17) is 21.3 Å². The molecule has 2 aromatic carbocycles. The highest BCUT2D eigenvalue weighted by atomic mass is 35.5. The van der Waals surface area contributed by atoms with Crippen LogP contribution in [0.4, 0.5) is 8.78 Å². The largest absolute Gasteiger partial charge is 0.379 e. The van der Waals surface area contributed by atoms with Gasteiger partial charge in [-0.15, -0.1) is 0 Å². The van der Waals surface area contributed by atoms with Crippen LogP contribution >= 0.6 is 11.6 Å². The van der Waals surface area contributed by atoms with E-state index < -0.39 is 11.6 Å². The first kappa shape index (κ1) is 18.5. The first-order valence-corrected chi connectivity index (χ1v) is 9.77. The van der Waals surface area contributed by atoms with E-state index in [0.29, 0.717) is 36.1 Å². The summed E-state index contributed by atoms with van der Waals surface area (Å²) in [7, 11) is 0. The van der Waals surface area contributed by atoms with Gasteiger partial charge in [0.15, 0.2) is 0 Å². The van der Waals surface area contributed by atoms with Gasteiger partial charge in [-0.2, -0.15) is 0 Å². The molecule has 2 aromatic heterocycles. The Bertz CT molecular complexity index is 1280. The van der Waals surface area contributed by atoms with E-state index in [2.05, 4.69) is 11.5 Å². The number of halogens is 3. The number of ether oxygens (including phenoxy) is 1. The second-order valence-electron chi connectivity index (χ2n) is 7.22. The van der Waals surface area contributed by atoms with E-state index in [1.165, 1.54) is 12.1 Å². The Labute approximate surface area is 170 Å². The molecule has 1 aliphatic heterocycles. The average molecular weight is 414 g/mol. The van der Waals surface area contributed by atoms with Gasteiger partial charge in [-0.3, -0.25) is 9.30 Å². The van der Waals surface area contributed by atoms with Gasteiger partial charge in [-0.05, 0) is 24.3 Å². The number of nitrogens with zero attached hydrogens (tertiary/aromatic N) is 3. The molecule has 0 unspecified atom stereocenters. The van der Waals surface area contributed by atoms with Crippen LogP contribution in [0.25, 0.3) is 34.3 Å². The molecule has 4 aromatic rings. The minimum Gasteiger partial charge on any atom is -0.379 e. The number of aromatic nitrogens is 2. The van der Waals surface area contributed by atoms with Gasteiger partial charge in [0.2, 0.25) is 0 Å². The minimum absolute atomic E-state index is 0.271. The highest BCUT2D eigenvalue weighted by molar-refractivity contribution is 6.31. The van der Waals surface area contributed by atoms with Crippen LogP contribution in [-0.4, -0.2) is 40.6 Å². The number of hydrogen-bond donors (Lipinski definition) is 0. The van der Waals surface area contributed by atoms with Crippen LogP contribution < -0.4 is 5.35 Å². The van der Waals surface area contributed by atoms with Gasteiger partial charge in [0.25, 0.3) is 0 Å². The Morgan fingerprint density at radius 3 is 2.62 bits per heavy atom. The van der Waals surface area contributed by atoms with Gasteiger partial charge >= 0.3 is 0 Å². The van der Waals surface area contributed by atoms with E-state index in [1.54, 1.807) is 0 Å². The lowest BCUT2D eigenvalue weighted by molar-refractivity contribution is 0.0336. The number of imidazole rings is 1. The quantitative estimate of drug-likeness (QED) is 0.507. The SMILES string of the molecule is C=c1c2ccc(Cl)cc2c2nc(-c3ccc(F)cc3F)c(CN3CCOCC3)n12. The van der Waals surface area contributed by atoms with Crippen LogP contribution in [0.1, 0.15) is 5.69 Å². The molecule has 0 atom stereocenters. The monoisotopic (exact) mass is 413 g/mol. The van der Waals surface area contributed by atoms with Crippen molar-refractivity contribution >= 4 is 34.6 Å². The molecule has 0 radical (unpaired) electrons. The minimum atomic E-state index is -0.637. The molecule has 148 valence electrons. The maximum Gasteiger partial charge on any atom is 0.146 e. The van der Waals surface area contributed by atoms with Crippen molar-refractivity contribution in [2.45, 2.75) is 6.54 Å². The van der Waals surface area contributed by atoms with Crippen molar-refractivity contribution in [1.82, 2.24) is 14.3 Å². The van der Waals surface area contributed by atoms with Gasteiger partial charge in [0.05, 0.1) is 24.6 Å². The van der Waals surface area contributed by atoms with Crippen molar-refractivity contribution in [3.05, 3.63) is 64.1 Å². The summed E-state index contributed by atoms with van der Waals surface area (Å²) in [4.78, 5) is 7.01. The lowest BCUT2D eigenvalue weighted by Gasteiger charge is -2.26. The topological polar surface area (TPSA) is 29.8 Å². The molecule has 5 rings (SSSR count). The highest BCUT2D eigenvalue weighted by Gasteiger charge is 2.23. The van der Waals surface area contributed by atoms with Crippen LogP contribution in [0.15, 0.2) is 36.4 Å². The molecule has 0 spiro atoms. The van der Waals surface area contributed by atoms with E-state index in [-0.39, 0.29) is 5.56 Å². The molecular formula is C22H18ClF2N3O. The summed E-state index contributed by atoms with van der Waals surface area (Å²) in [5.41, 5.74) is 2.27. The van der Waals surface area contributed by atoms with Crippen LogP contribution in [0, 0.1) is 11.6 Å². The third-order valence-corrected chi connectivity index (χ3v) is 5.67. The zero-order chi connectivity index (χ0) is 20.1. The van der Waals surface area contributed by atoms with Crippen molar-refractivity contribution < 1.29 is 13.5 Å². The molecule has 0 bridgehead atoms. The standard InChI is InChI=1S/C22H18ClF2N3O/c1-13-16-4-2-14(23)10-18(16)22-26-21(17-5-3-15(24)11-19(17)25)20(28(13)22)12-27-6-8-29-9-7-27/h2-5,10-11H,1,6-9,12H2. The number of fused-ring (bicyclic) bond motifs is 3. The van der Waals surface area contributed by atoms with Gasteiger partial charge in [-0.25, -0.2) is 13.8 Å². The fraction of sp³-hybridized carbons (Fsp3) is 0.227. The number of hydrogen-bond acceptors (Lipinski definition) is 3. The zero-order valence-electron chi connectivity index (χ0n) is 15.6. The second kappa shape index (κ2) is 7.06. The fourth-order valence-electron chi connectivity index (χ4n) is 4.01. The molecular weight excluding hydrogens is 396 g/mol. The predicted molar refractivity (Wildman–Crippen MR) is 110 cm³/mol. The number of rotatable bonds is 3. The van der Waals surface area contributed by atoms with Gasteiger partial charge in [0.1, 0.15) is 17.3 Å². The van der Waals surface area contributed by atoms with Crippen LogP contribution in [0.2, 0.25) is 5.02 Å². The Balaban J connectivity index is 1.78. The second-order valence-corrected chi connectivity index (χ2v) is 7.65. The van der Waals surface area contributed by atoms with Crippen molar-refractivity contribution in [3.8, 4) is 11.3 Å². The van der Waals surface area contributed by atoms with Crippen LogP contribution in [-0.2, 0) is 11.3 Å². The Kier molecular flexibility index (Phi) is 4.50. The molecule has 29 heavy (non-hydrogen) atoms. The van der Waals surface area contributed by atoms with Crippen LogP contribution in [0.3, 0.4) is 0 Å². The Hall–Kier alpha value is -2.54. The molecule has 1 fully saturated rings. The maximum absolute atomic E-state index is 14.6. The smallest absolute Gasteiger partial charge is 0.146 e. The predicted octanol–water partition coefficient (Wildman–Crippen LogP) is 4.05. The van der Waals surface area contributed by atoms with Crippen molar-refractivity contribution in [3.63, 3.8) is 0 Å². The molecule has 0 saturated carbocycles. The molecule has 0 aliphatic carbocycles. The zero-order valence-corrected chi connectivity index (χ0v) is 16.3. The molecule has 1 aliphatic rings. The first-order valence-electron chi connectivity index (χ1n) is 9.39. The summed E-state index contributed by atoms with van der Waals surface area (Å²) >= 11 is 6.21. The fourth-order valence-corrected chi connectivity index (χ4v) is 4.19. The maximum atomic E-state index is 14.6. The van der Waals surface area contributed by atoms with Crippen LogP contribution in [0.5, 0.6) is 0 Å². The Morgan fingerprint density at radius 1 is 1.07 bits per heavy atom. The number of morpholine rings is 1. The molecule has 7 heteroatoms. The summed E-state index contributed by atoms with van der Waals surface area (Å²) in [6.45, 7) is 7.66. The van der Waals surface area contributed by atoms with E-state index in [0.717, 1.165) is 41.0 Å².